The van der Waals surface area contributed by atoms with Crippen molar-refractivity contribution in [3.8, 4) is 5.75 Å². The molecule has 27 heavy (non-hydrogen) atoms. The zero-order valence-corrected chi connectivity index (χ0v) is 16.5. The standard InChI is InChI=1S/C20H18ClN3O2S/c1-13-3-5-15(6-4-13)12-22-18(25)20-24-23-19(27-20)17(21)11-14-7-9-16(26-2)10-8-14/h3-11H,12H2,1-2H3,(H,22,25)/b17-11+. The number of carbonyl (C=O) groups is 1. The zero-order chi connectivity index (χ0) is 19.2. The van der Waals surface area contributed by atoms with Gasteiger partial charge in [-0.25, -0.2) is 0 Å². The number of ether oxygens (including phenoxy) is 1. The van der Waals surface area contributed by atoms with Crippen molar-refractivity contribution in [2.75, 3.05) is 7.11 Å². The zero-order valence-electron chi connectivity index (χ0n) is 14.9. The minimum atomic E-state index is -0.270. The van der Waals surface area contributed by atoms with E-state index in [4.69, 9.17) is 16.3 Å². The minimum Gasteiger partial charge on any atom is -0.497 e. The summed E-state index contributed by atoms with van der Waals surface area (Å²) < 4.78 is 5.13. The molecule has 5 nitrogen and oxygen atoms in total. The van der Waals surface area contributed by atoms with E-state index in [1.165, 1.54) is 5.56 Å². The van der Waals surface area contributed by atoms with Gasteiger partial charge in [-0.2, -0.15) is 0 Å². The predicted octanol–water partition coefficient (Wildman–Crippen LogP) is 4.52. The van der Waals surface area contributed by atoms with Crippen LogP contribution in [0.25, 0.3) is 11.1 Å². The van der Waals surface area contributed by atoms with Crippen LogP contribution in [0.15, 0.2) is 48.5 Å². The number of amides is 1. The number of hydrogen-bond donors (Lipinski definition) is 1. The van der Waals surface area contributed by atoms with Crippen molar-refractivity contribution in [3.63, 3.8) is 0 Å². The van der Waals surface area contributed by atoms with Crippen molar-refractivity contribution in [1.29, 1.82) is 0 Å². The number of nitrogens with zero attached hydrogens (tertiary/aromatic N) is 2. The van der Waals surface area contributed by atoms with E-state index < -0.39 is 0 Å². The summed E-state index contributed by atoms with van der Waals surface area (Å²) in [4.78, 5) is 12.3. The number of nitrogens with one attached hydrogen (secondary N) is 1. The Morgan fingerprint density at radius 2 is 1.78 bits per heavy atom. The first-order valence-electron chi connectivity index (χ1n) is 8.24. The van der Waals surface area contributed by atoms with E-state index in [1.54, 1.807) is 13.2 Å². The number of halogens is 1. The Kier molecular flexibility index (Phi) is 6.21. The highest BCUT2D eigenvalue weighted by atomic mass is 35.5. The topological polar surface area (TPSA) is 64.1 Å². The molecule has 0 spiro atoms. The lowest BCUT2D eigenvalue weighted by atomic mass is 10.1. The van der Waals surface area contributed by atoms with Gasteiger partial charge in [0.25, 0.3) is 5.91 Å². The maximum absolute atomic E-state index is 12.3. The van der Waals surface area contributed by atoms with Gasteiger partial charge in [0, 0.05) is 6.54 Å². The first-order chi connectivity index (χ1) is 13.0. The van der Waals surface area contributed by atoms with Gasteiger partial charge in [0.1, 0.15) is 5.75 Å². The molecule has 1 heterocycles. The molecule has 3 aromatic rings. The lowest BCUT2D eigenvalue weighted by Gasteiger charge is -2.03. The molecule has 0 aliphatic heterocycles. The Bertz CT molecular complexity index is 950. The van der Waals surface area contributed by atoms with Crippen LogP contribution in [0.5, 0.6) is 5.75 Å². The fourth-order valence-corrected chi connectivity index (χ4v) is 3.23. The molecule has 0 saturated carbocycles. The number of rotatable bonds is 6. The normalized spacial score (nSPS) is 11.3. The molecule has 0 fully saturated rings. The molecule has 7 heteroatoms. The fraction of sp³-hybridized carbons (Fsp3) is 0.150. The third-order valence-electron chi connectivity index (χ3n) is 3.81. The summed E-state index contributed by atoms with van der Waals surface area (Å²) in [6, 6.07) is 15.4. The van der Waals surface area contributed by atoms with Gasteiger partial charge < -0.3 is 10.1 Å². The lowest BCUT2D eigenvalue weighted by Crippen LogP contribution is -2.22. The number of carbonyl (C=O) groups excluding carboxylic acids is 1. The molecular formula is C20H18ClN3O2S. The smallest absolute Gasteiger partial charge is 0.282 e. The van der Waals surface area contributed by atoms with Crippen LogP contribution in [0.3, 0.4) is 0 Å². The number of aromatic nitrogens is 2. The van der Waals surface area contributed by atoms with Crippen LogP contribution in [0.2, 0.25) is 0 Å². The van der Waals surface area contributed by atoms with Gasteiger partial charge in [0.2, 0.25) is 5.01 Å². The van der Waals surface area contributed by atoms with Crippen molar-refractivity contribution >= 4 is 40.0 Å². The largest absolute Gasteiger partial charge is 0.497 e. The number of benzene rings is 2. The Labute approximate surface area is 166 Å². The van der Waals surface area contributed by atoms with Crippen LogP contribution in [0.4, 0.5) is 0 Å². The Balaban J connectivity index is 1.64. The van der Waals surface area contributed by atoms with Gasteiger partial charge in [0.05, 0.1) is 12.1 Å². The molecule has 0 aliphatic rings. The summed E-state index contributed by atoms with van der Waals surface area (Å²) in [5.41, 5.74) is 3.11. The minimum absolute atomic E-state index is 0.270. The molecular weight excluding hydrogens is 382 g/mol. The lowest BCUT2D eigenvalue weighted by molar-refractivity contribution is 0.0950. The second-order valence-electron chi connectivity index (χ2n) is 5.85. The molecule has 3 rings (SSSR count). The monoisotopic (exact) mass is 399 g/mol. The van der Waals surface area contributed by atoms with Crippen molar-refractivity contribution in [1.82, 2.24) is 15.5 Å². The number of hydrogen-bond acceptors (Lipinski definition) is 5. The highest BCUT2D eigenvalue weighted by Crippen LogP contribution is 2.26. The quantitative estimate of drug-likeness (QED) is 0.661. The van der Waals surface area contributed by atoms with Crippen LogP contribution in [0.1, 0.15) is 31.5 Å². The molecule has 0 saturated heterocycles. The third kappa shape index (κ3) is 5.15. The molecule has 1 amide bonds. The SMILES string of the molecule is COc1ccc(/C=C(/Cl)c2nnc(C(=O)NCc3ccc(C)cc3)s2)cc1. The maximum atomic E-state index is 12.3. The summed E-state index contributed by atoms with van der Waals surface area (Å²) >= 11 is 7.48. The number of methoxy groups -OCH3 is 1. The highest BCUT2D eigenvalue weighted by molar-refractivity contribution is 7.15. The Morgan fingerprint density at radius 3 is 2.44 bits per heavy atom. The van der Waals surface area contributed by atoms with Crippen molar-refractivity contribution in [2.24, 2.45) is 0 Å². The summed E-state index contributed by atoms with van der Waals surface area (Å²) in [6.45, 7) is 2.46. The average Bonchev–Trinajstić information content (AvgIpc) is 3.18. The van der Waals surface area contributed by atoms with E-state index in [0.717, 1.165) is 28.2 Å². The van der Waals surface area contributed by atoms with E-state index >= 15 is 0 Å². The molecule has 0 unspecified atom stereocenters. The average molecular weight is 400 g/mol. The second-order valence-corrected chi connectivity index (χ2v) is 7.23. The Morgan fingerprint density at radius 1 is 1.11 bits per heavy atom. The second kappa shape index (κ2) is 8.79. The number of aryl methyl sites for hydroxylation is 1. The molecule has 1 aromatic heterocycles. The molecule has 138 valence electrons. The van der Waals surface area contributed by atoms with E-state index in [0.29, 0.717) is 16.6 Å². The molecule has 1 N–H and O–H groups in total. The van der Waals surface area contributed by atoms with Crippen LogP contribution >= 0.6 is 22.9 Å². The summed E-state index contributed by atoms with van der Waals surface area (Å²) in [7, 11) is 1.62. The van der Waals surface area contributed by atoms with Crippen molar-refractivity contribution < 1.29 is 9.53 Å². The molecule has 0 atom stereocenters. The van der Waals surface area contributed by atoms with Crippen LogP contribution < -0.4 is 10.1 Å². The highest BCUT2D eigenvalue weighted by Gasteiger charge is 2.14. The van der Waals surface area contributed by atoms with E-state index in [1.807, 2.05) is 55.5 Å². The third-order valence-corrected chi connectivity index (χ3v) is 5.16. The van der Waals surface area contributed by atoms with E-state index in [9.17, 15) is 4.79 Å². The predicted molar refractivity (Wildman–Crippen MR) is 109 cm³/mol. The van der Waals surface area contributed by atoms with Gasteiger partial charge in [-0.05, 0) is 36.3 Å². The van der Waals surface area contributed by atoms with Gasteiger partial charge in [0.15, 0.2) is 5.01 Å². The molecule has 0 aliphatic carbocycles. The van der Waals surface area contributed by atoms with E-state index in [2.05, 4.69) is 15.5 Å². The van der Waals surface area contributed by atoms with Gasteiger partial charge >= 0.3 is 0 Å². The Hall–Kier alpha value is -2.70. The molecule has 0 radical (unpaired) electrons. The van der Waals surface area contributed by atoms with E-state index in [-0.39, 0.29) is 10.9 Å². The molecule has 0 bridgehead atoms. The van der Waals surface area contributed by atoms with Gasteiger partial charge in [-0.1, -0.05) is 64.9 Å². The molecule has 2 aromatic carbocycles. The van der Waals surface area contributed by atoms with Gasteiger partial charge in [-0.3, -0.25) is 4.79 Å². The van der Waals surface area contributed by atoms with Crippen LogP contribution in [0, 0.1) is 6.92 Å². The summed E-state index contributed by atoms with van der Waals surface area (Å²) in [5, 5.41) is 12.0. The van der Waals surface area contributed by atoms with Gasteiger partial charge in [-0.15, -0.1) is 10.2 Å². The van der Waals surface area contributed by atoms with Crippen LogP contribution in [-0.4, -0.2) is 23.2 Å². The summed E-state index contributed by atoms with van der Waals surface area (Å²) in [6.07, 6.45) is 1.77. The first-order valence-corrected chi connectivity index (χ1v) is 9.43. The van der Waals surface area contributed by atoms with Crippen LogP contribution in [-0.2, 0) is 6.54 Å². The summed E-state index contributed by atoms with van der Waals surface area (Å²) in [5.74, 6) is 0.500. The first kappa shape index (κ1) is 19.1. The van der Waals surface area contributed by atoms with Crippen molar-refractivity contribution in [2.45, 2.75) is 13.5 Å². The fourth-order valence-electron chi connectivity index (χ4n) is 2.28. The van der Waals surface area contributed by atoms with Crippen molar-refractivity contribution in [3.05, 3.63) is 75.2 Å². The maximum Gasteiger partial charge on any atom is 0.282 e.